The molecule has 21 heavy (non-hydrogen) atoms. The number of piperazine rings is 1. The van der Waals surface area contributed by atoms with Gasteiger partial charge in [-0.3, -0.25) is 9.69 Å². The fraction of sp³-hybridized carbons (Fsp3) is 0.933. The lowest BCUT2D eigenvalue weighted by Crippen LogP contribution is -2.55. The van der Waals surface area contributed by atoms with Crippen molar-refractivity contribution in [1.29, 1.82) is 0 Å². The Morgan fingerprint density at radius 1 is 1.10 bits per heavy atom. The van der Waals surface area contributed by atoms with Gasteiger partial charge in [-0.1, -0.05) is 13.8 Å². The molecule has 2 N–H and O–H groups in total. The third kappa shape index (κ3) is 4.98. The molecule has 2 fully saturated rings. The summed E-state index contributed by atoms with van der Waals surface area (Å²) in [4.78, 5) is 17.2. The zero-order chi connectivity index (χ0) is 13.9. The van der Waals surface area contributed by atoms with Crippen LogP contribution in [0.2, 0.25) is 0 Å². The quantitative estimate of drug-likeness (QED) is 0.806. The van der Waals surface area contributed by atoms with Gasteiger partial charge in [-0.2, -0.15) is 0 Å². The molecule has 0 aromatic rings. The van der Waals surface area contributed by atoms with Gasteiger partial charge in [0.25, 0.3) is 0 Å². The molecule has 1 aliphatic heterocycles. The van der Waals surface area contributed by atoms with E-state index in [2.05, 4.69) is 18.7 Å². The molecule has 0 atom stereocenters. The number of halogens is 2. The molecule has 4 nitrogen and oxygen atoms in total. The van der Waals surface area contributed by atoms with Crippen molar-refractivity contribution in [2.75, 3.05) is 39.3 Å². The third-order valence-corrected chi connectivity index (χ3v) is 5.07. The lowest BCUT2D eigenvalue weighted by atomic mass is 9.81. The molecule has 6 heteroatoms. The molecule has 1 saturated heterocycles. The van der Waals surface area contributed by atoms with Crippen LogP contribution in [0.4, 0.5) is 0 Å². The van der Waals surface area contributed by atoms with Crippen molar-refractivity contribution in [3.63, 3.8) is 0 Å². The smallest absolute Gasteiger partial charge is 0.230 e. The first kappa shape index (κ1) is 21.0. The van der Waals surface area contributed by atoms with Crippen LogP contribution in [-0.2, 0) is 4.79 Å². The average Bonchev–Trinajstić information content (AvgIpc) is 3.26. The van der Waals surface area contributed by atoms with E-state index in [1.165, 1.54) is 19.4 Å². The Bertz CT molecular complexity index is 304. The Hall–Kier alpha value is -0.0300. The monoisotopic (exact) mass is 339 g/mol. The van der Waals surface area contributed by atoms with Gasteiger partial charge < -0.3 is 10.6 Å². The predicted molar refractivity (Wildman–Crippen MR) is 92.3 cm³/mol. The number of rotatable bonds is 6. The zero-order valence-electron chi connectivity index (χ0n) is 13.3. The van der Waals surface area contributed by atoms with Crippen LogP contribution in [0.3, 0.4) is 0 Å². The largest absolute Gasteiger partial charge is 0.340 e. The average molecular weight is 340 g/mol. The number of nitrogens with zero attached hydrogens (tertiary/aromatic N) is 2. The molecular formula is C15H31Cl2N3O. The topological polar surface area (TPSA) is 49.6 Å². The highest BCUT2D eigenvalue weighted by Crippen LogP contribution is 2.31. The molecule has 1 aliphatic carbocycles. The van der Waals surface area contributed by atoms with E-state index in [1.807, 2.05) is 4.90 Å². The number of carbonyl (C=O) groups is 1. The van der Waals surface area contributed by atoms with Crippen molar-refractivity contribution in [1.82, 2.24) is 9.80 Å². The summed E-state index contributed by atoms with van der Waals surface area (Å²) in [5, 5.41) is 0. The van der Waals surface area contributed by atoms with Crippen molar-refractivity contribution in [3.05, 3.63) is 0 Å². The molecule has 0 aromatic carbocycles. The molecule has 0 unspecified atom stereocenters. The Kier molecular flexibility index (Phi) is 9.17. The molecule has 1 amide bonds. The van der Waals surface area contributed by atoms with E-state index in [0.717, 1.165) is 44.9 Å². The van der Waals surface area contributed by atoms with Gasteiger partial charge in [0.15, 0.2) is 0 Å². The van der Waals surface area contributed by atoms with Crippen LogP contribution < -0.4 is 5.73 Å². The second-order valence-corrected chi connectivity index (χ2v) is 6.23. The highest BCUT2D eigenvalue weighted by Gasteiger charge is 2.38. The SMILES string of the molecule is CCC(CC)(CN)C(=O)N1CCN(CC2CC2)CC1.Cl.Cl. The number of hydrogen-bond acceptors (Lipinski definition) is 3. The number of amides is 1. The summed E-state index contributed by atoms with van der Waals surface area (Å²) in [7, 11) is 0. The molecule has 2 aliphatic rings. The summed E-state index contributed by atoms with van der Waals surface area (Å²) in [6.07, 6.45) is 4.50. The lowest BCUT2D eigenvalue weighted by molar-refractivity contribution is -0.144. The molecule has 1 saturated carbocycles. The lowest BCUT2D eigenvalue weighted by Gasteiger charge is -2.40. The molecular weight excluding hydrogens is 309 g/mol. The molecule has 2 rings (SSSR count). The molecule has 0 aromatic heterocycles. The maximum atomic E-state index is 12.7. The van der Waals surface area contributed by atoms with Crippen LogP contribution in [0.25, 0.3) is 0 Å². The standard InChI is InChI=1S/C15H29N3O.2ClH/c1-3-15(4-2,12-16)14(19)18-9-7-17(8-10-18)11-13-5-6-13;;/h13H,3-12,16H2,1-2H3;2*1H. The zero-order valence-corrected chi connectivity index (χ0v) is 15.0. The van der Waals surface area contributed by atoms with Crippen molar-refractivity contribution in [3.8, 4) is 0 Å². The molecule has 126 valence electrons. The molecule has 0 spiro atoms. The van der Waals surface area contributed by atoms with Gasteiger partial charge in [0, 0.05) is 39.3 Å². The number of nitrogens with two attached hydrogens (primary N) is 1. The van der Waals surface area contributed by atoms with E-state index in [4.69, 9.17) is 5.73 Å². The minimum Gasteiger partial charge on any atom is -0.340 e. The van der Waals surface area contributed by atoms with Crippen molar-refractivity contribution >= 4 is 30.7 Å². The van der Waals surface area contributed by atoms with Crippen LogP contribution in [-0.4, -0.2) is 55.0 Å². The first-order chi connectivity index (χ1) is 9.15. The maximum Gasteiger partial charge on any atom is 0.230 e. The van der Waals surface area contributed by atoms with Crippen molar-refractivity contribution in [2.45, 2.75) is 39.5 Å². The summed E-state index contributed by atoms with van der Waals surface area (Å²) in [5.74, 6) is 1.22. The van der Waals surface area contributed by atoms with Gasteiger partial charge in [-0.25, -0.2) is 0 Å². The van der Waals surface area contributed by atoms with E-state index in [9.17, 15) is 4.79 Å². The van der Waals surface area contributed by atoms with Crippen LogP contribution in [0, 0.1) is 11.3 Å². The van der Waals surface area contributed by atoms with Gasteiger partial charge in [0.05, 0.1) is 5.41 Å². The van der Waals surface area contributed by atoms with E-state index >= 15 is 0 Å². The maximum absolute atomic E-state index is 12.7. The Morgan fingerprint density at radius 2 is 1.62 bits per heavy atom. The molecule has 0 bridgehead atoms. The number of carbonyl (C=O) groups excluding carboxylic acids is 1. The minimum atomic E-state index is -0.321. The molecule has 1 heterocycles. The minimum absolute atomic E-state index is 0. The van der Waals surface area contributed by atoms with E-state index < -0.39 is 0 Å². The predicted octanol–water partition coefficient (Wildman–Crippen LogP) is 2.15. The summed E-state index contributed by atoms with van der Waals surface area (Å²) in [5.41, 5.74) is 5.56. The van der Waals surface area contributed by atoms with Crippen LogP contribution >= 0.6 is 24.8 Å². The van der Waals surface area contributed by atoms with E-state index in [1.54, 1.807) is 0 Å². The Labute approximate surface area is 141 Å². The summed E-state index contributed by atoms with van der Waals surface area (Å²) < 4.78 is 0. The summed E-state index contributed by atoms with van der Waals surface area (Å²) in [6.45, 7) is 9.72. The first-order valence-corrected chi connectivity index (χ1v) is 7.87. The van der Waals surface area contributed by atoms with Crippen LogP contribution in [0.15, 0.2) is 0 Å². The first-order valence-electron chi connectivity index (χ1n) is 7.87. The third-order valence-electron chi connectivity index (χ3n) is 5.07. The van der Waals surface area contributed by atoms with Crippen LogP contribution in [0.1, 0.15) is 39.5 Å². The molecule has 0 radical (unpaired) electrons. The normalized spacial score (nSPS) is 19.7. The van der Waals surface area contributed by atoms with Gasteiger partial charge >= 0.3 is 0 Å². The number of hydrogen-bond donors (Lipinski definition) is 1. The highest BCUT2D eigenvalue weighted by molar-refractivity contribution is 5.85. The van der Waals surface area contributed by atoms with Gasteiger partial charge in [0.2, 0.25) is 5.91 Å². The van der Waals surface area contributed by atoms with Crippen molar-refractivity contribution in [2.24, 2.45) is 17.1 Å². The van der Waals surface area contributed by atoms with Gasteiger partial charge in [-0.05, 0) is 31.6 Å². The van der Waals surface area contributed by atoms with Gasteiger partial charge in [-0.15, -0.1) is 24.8 Å². The fourth-order valence-electron chi connectivity index (χ4n) is 3.06. The van der Waals surface area contributed by atoms with Gasteiger partial charge in [0.1, 0.15) is 0 Å². The van der Waals surface area contributed by atoms with E-state index in [0.29, 0.717) is 6.54 Å². The van der Waals surface area contributed by atoms with Crippen LogP contribution in [0.5, 0.6) is 0 Å². The van der Waals surface area contributed by atoms with Crippen molar-refractivity contribution < 1.29 is 4.79 Å². The highest BCUT2D eigenvalue weighted by atomic mass is 35.5. The van der Waals surface area contributed by atoms with E-state index in [-0.39, 0.29) is 36.1 Å². The summed E-state index contributed by atoms with van der Waals surface area (Å²) >= 11 is 0. The fourth-order valence-corrected chi connectivity index (χ4v) is 3.06. The second-order valence-electron chi connectivity index (χ2n) is 6.23. The Morgan fingerprint density at radius 3 is 2.00 bits per heavy atom. The second kappa shape index (κ2) is 9.19. The summed E-state index contributed by atoms with van der Waals surface area (Å²) in [6, 6.07) is 0. The Balaban J connectivity index is 0.00000200.